The van der Waals surface area contributed by atoms with E-state index < -0.39 is 5.97 Å². The predicted molar refractivity (Wildman–Crippen MR) is 59.7 cm³/mol. The monoisotopic (exact) mass is 210 g/mol. The lowest BCUT2D eigenvalue weighted by atomic mass is 9.71. The average Bonchev–Trinajstić information content (AvgIpc) is 2.30. The SMILES string of the molecule is O=C(O)C1CCC(C2CCCCC2)CC1. The number of carboxylic acids is 1. The number of carboxylic acid groups (broad SMARTS) is 1. The molecular formula is C13H22O2. The van der Waals surface area contributed by atoms with Crippen LogP contribution in [0.4, 0.5) is 0 Å². The zero-order valence-electron chi connectivity index (χ0n) is 9.45. The van der Waals surface area contributed by atoms with E-state index in [2.05, 4.69) is 0 Å². The molecule has 15 heavy (non-hydrogen) atoms. The lowest BCUT2D eigenvalue weighted by molar-refractivity contribution is -0.143. The van der Waals surface area contributed by atoms with E-state index in [0.717, 1.165) is 24.7 Å². The molecule has 1 N–H and O–H groups in total. The van der Waals surface area contributed by atoms with E-state index in [0.29, 0.717) is 0 Å². The Labute approximate surface area is 92.1 Å². The van der Waals surface area contributed by atoms with Crippen molar-refractivity contribution in [3.63, 3.8) is 0 Å². The molecule has 2 nitrogen and oxygen atoms in total. The molecule has 86 valence electrons. The maximum absolute atomic E-state index is 10.8. The van der Waals surface area contributed by atoms with Crippen molar-refractivity contribution < 1.29 is 9.90 Å². The molecular weight excluding hydrogens is 188 g/mol. The molecule has 0 bridgehead atoms. The van der Waals surface area contributed by atoms with Gasteiger partial charge in [-0.05, 0) is 37.5 Å². The largest absolute Gasteiger partial charge is 0.481 e. The van der Waals surface area contributed by atoms with E-state index in [1.54, 1.807) is 0 Å². The lowest BCUT2D eigenvalue weighted by Gasteiger charge is -2.34. The van der Waals surface area contributed by atoms with Crippen LogP contribution in [0.5, 0.6) is 0 Å². The number of rotatable bonds is 2. The first-order chi connectivity index (χ1) is 7.27. The van der Waals surface area contributed by atoms with Gasteiger partial charge < -0.3 is 5.11 Å². The molecule has 2 aliphatic rings. The van der Waals surface area contributed by atoms with Gasteiger partial charge in [0.1, 0.15) is 0 Å². The predicted octanol–water partition coefficient (Wildman–Crippen LogP) is 3.46. The van der Waals surface area contributed by atoms with E-state index in [4.69, 9.17) is 5.11 Å². The summed E-state index contributed by atoms with van der Waals surface area (Å²) in [6.45, 7) is 0. The van der Waals surface area contributed by atoms with Crippen LogP contribution in [-0.2, 0) is 4.79 Å². The normalized spacial score (nSPS) is 33.9. The molecule has 0 amide bonds. The van der Waals surface area contributed by atoms with Gasteiger partial charge in [0.15, 0.2) is 0 Å². The molecule has 0 aromatic carbocycles. The summed E-state index contributed by atoms with van der Waals surface area (Å²) in [5.41, 5.74) is 0. The molecule has 2 saturated carbocycles. The van der Waals surface area contributed by atoms with E-state index in [1.165, 1.54) is 44.9 Å². The van der Waals surface area contributed by atoms with Gasteiger partial charge in [0.2, 0.25) is 0 Å². The quantitative estimate of drug-likeness (QED) is 0.758. The van der Waals surface area contributed by atoms with Crippen LogP contribution >= 0.6 is 0 Å². The Hall–Kier alpha value is -0.530. The summed E-state index contributed by atoms with van der Waals surface area (Å²) in [5, 5.41) is 8.93. The minimum Gasteiger partial charge on any atom is -0.481 e. The molecule has 0 spiro atoms. The second-order valence-corrected chi connectivity index (χ2v) is 5.35. The van der Waals surface area contributed by atoms with Crippen LogP contribution in [0.15, 0.2) is 0 Å². The highest BCUT2D eigenvalue weighted by atomic mass is 16.4. The fraction of sp³-hybridized carbons (Fsp3) is 0.923. The van der Waals surface area contributed by atoms with Gasteiger partial charge in [-0.25, -0.2) is 0 Å². The first-order valence-corrected chi connectivity index (χ1v) is 6.50. The molecule has 0 atom stereocenters. The molecule has 0 saturated heterocycles. The molecule has 0 radical (unpaired) electrons. The van der Waals surface area contributed by atoms with Crippen molar-refractivity contribution in [2.75, 3.05) is 0 Å². The average molecular weight is 210 g/mol. The standard InChI is InChI=1S/C13H22O2/c14-13(15)12-8-6-11(7-9-12)10-4-2-1-3-5-10/h10-12H,1-9H2,(H,14,15). The zero-order valence-corrected chi connectivity index (χ0v) is 9.45. The Morgan fingerprint density at radius 1 is 0.800 bits per heavy atom. The van der Waals surface area contributed by atoms with Crippen molar-refractivity contribution in [1.82, 2.24) is 0 Å². The van der Waals surface area contributed by atoms with Crippen molar-refractivity contribution in [3.8, 4) is 0 Å². The smallest absolute Gasteiger partial charge is 0.306 e. The summed E-state index contributed by atoms with van der Waals surface area (Å²) in [6, 6.07) is 0. The van der Waals surface area contributed by atoms with Crippen LogP contribution in [-0.4, -0.2) is 11.1 Å². The molecule has 2 rings (SSSR count). The van der Waals surface area contributed by atoms with Crippen molar-refractivity contribution in [1.29, 1.82) is 0 Å². The van der Waals surface area contributed by atoms with Gasteiger partial charge in [-0.3, -0.25) is 4.79 Å². The molecule has 0 aromatic rings. The minimum atomic E-state index is -0.572. The third kappa shape index (κ3) is 2.73. The lowest BCUT2D eigenvalue weighted by Crippen LogP contribution is -2.26. The minimum absolute atomic E-state index is 0.0372. The van der Waals surface area contributed by atoms with Gasteiger partial charge in [0.25, 0.3) is 0 Å². The molecule has 0 unspecified atom stereocenters. The first kappa shape index (κ1) is 11.0. The highest BCUT2D eigenvalue weighted by Crippen LogP contribution is 2.39. The van der Waals surface area contributed by atoms with Gasteiger partial charge in [-0.2, -0.15) is 0 Å². The number of aliphatic carboxylic acids is 1. The molecule has 0 aliphatic heterocycles. The van der Waals surface area contributed by atoms with Crippen LogP contribution in [0.1, 0.15) is 57.8 Å². The van der Waals surface area contributed by atoms with Crippen LogP contribution in [0.3, 0.4) is 0 Å². The maximum Gasteiger partial charge on any atom is 0.306 e. The summed E-state index contributed by atoms with van der Waals surface area (Å²) in [6.07, 6.45) is 11.2. The number of hydrogen-bond donors (Lipinski definition) is 1. The Kier molecular flexibility index (Phi) is 3.66. The fourth-order valence-corrected chi connectivity index (χ4v) is 3.44. The highest BCUT2D eigenvalue weighted by molar-refractivity contribution is 5.69. The van der Waals surface area contributed by atoms with Crippen LogP contribution < -0.4 is 0 Å². The van der Waals surface area contributed by atoms with Crippen molar-refractivity contribution in [3.05, 3.63) is 0 Å². The van der Waals surface area contributed by atoms with Gasteiger partial charge in [-0.1, -0.05) is 32.1 Å². The summed E-state index contributed by atoms with van der Waals surface area (Å²) in [5.74, 6) is 1.16. The summed E-state index contributed by atoms with van der Waals surface area (Å²) in [7, 11) is 0. The number of hydrogen-bond acceptors (Lipinski definition) is 1. The van der Waals surface area contributed by atoms with E-state index in [1.807, 2.05) is 0 Å². The highest BCUT2D eigenvalue weighted by Gasteiger charge is 2.30. The second-order valence-electron chi connectivity index (χ2n) is 5.35. The second kappa shape index (κ2) is 5.00. The van der Waals surface area contributed by atoms with Crippen LogP contribution in [0, 0.1) is 17.8 Å². The third-order valence-electron chi connectivity index (χ3n) is 4.44. The maximum atomic E-state index is 10.8. The van der Waals surface area contributed by atoms with Gasteiger partial charge in [0, 0.05) is 0 Å². The van der Waals surface area contributed by atoms with Gasteiger partial charge >= 0.3 is 5.97 Å². The Balaban J connectivity index is 1.79. The summed E-state index contributed by atoms with van der Waals surface area (Å²) in [4.78, 5) is 10.8. The summed E-state index contributed by atoms with van der Waals surface area (Å²) >= 11 is 0. The Morgan fingerprint density at radius 3 is 1.87 bits per heavy atom. The molecule has 2 heteroatoms. The van der Waals surface area contributed by atoms with Crippen molar-refractivity contribution >= 4 is 5.97 Å². The van der Waals surface area contributed by atoms with E-state index in [9.17, 15) is 4.79 Å². The Bertz CT molecular complexity index is 211. The fourth-order valence-electron chi connectivity index (χ4n) is 3.44. The van der Waals surface area contributed by atoms with Crippen LogP contribution in [0.2, 0.25) is 0 Å². The zero-order chi connectivity index (χ0) is 10.7. The van der Waals surface area contributed by atoms with Crippen LogP contribution in [0.25, 0.3) is 0 Å². The van der Waals surface area contributed by atoms with E-state index in [-0.39, 0.29) is 5.92 Å². The van der Waals surface area contributed by atoms with Crippen molar-refractivity contribution in [2.24, 2.45) is 17.8 Å². The molecule has 2 fully saturated rings. The topological polar surface area (TPSA) is 37.3 Å². The molecule has 0 aromatic heterocycles. The van der Waals surface area contributed by atoms with E-state index >= 15 is 0 Å². The van der Waals surface area contributed by atoms with Gasteiger partial charge in [0.05, 0.1) is 5.92 Å². The van der Waals surface area contributed by atoms with Gasteiger partial charge in [-0.15, -0.1) is 0 Å². The molecule has 2 aliphatic carbocycles. The third-order valence-corrected chi connectivity index (χ3v) is 4.44. The molecule has 0 heterocycles. The number of carbonyl (C=O) groups is 1. The Morgan fingerprint density at radius 2 is 1.33 bits per heavy atom. The first-order valence-electron chi connectivity index (χ1n) is 6.50. The summed E-state index contributed by atoms with van der Waals surface area (Å²) < 4.78 is 0. The van der Waals surface area contributed by atoms with Crippen molar-refractivity contribution in [2.45, 2.75) is 57.8 Å².